The number of aromatic nitrogens is 3. The highest BCUT2D eigenvalue weighted by atomic mass is 16.6. The minimum Gasteiger partial charge on any atom is -0.481 e. The molecular formula is C23H27N5O3. The summed E-state index contributed by atoms with van der Waals surface area (Å²) in [4.78, 5) is 25.9. The van der Waals surface area contributed by atoms with E-state index in [0.29, 0.717) is 28.8 Å². The van der Waals surface area contributed by atoms with E-state index >= 15 is 0 Å². The van der Waals surface area contributed by atoms with E-state index < -0.39 is 11.1 Å². The highest BCUT2D eigenvalue weighted by Gasteiger charge is 2.40. The van der Waals surface area contributed by atoms with Crippen molar-refractivity contribution < 1.29 is 14.3 Å². The minimum atomic E-state index is -0.623. The molecule has 0 amide bonds. The van der Waals surface area contributed by atoms with E-state index in [9.17, 15) is 4.79 Å². The number of carbonyl (C=O) groups is 1. The molecule has 0 unspecified atom stereocenters. The molecule has 0 aromatic carbocycles. The summed E-state index contributed by atoms with van der Waals surface area (Å²) in [6.07, 6.45) is 3.44. The van der Waals surface area contributed by atoms with Crippen LogP contribution in [0.3, 0.4) is 0 Å². The lowest BCUT2D eigenvalue weighted by Gasteiger charge is -2.36. The number of esters is 1. The number of pyridine rings is 3. The molecule has 31 heavy (non-hydrogen) atoms. The molecule has 162 valence electrons. The number of hydrogen-bond acceptors (Lipinski definition) is 8. The number of ether oxygens (including phenoxy) is 2. The second kappa shape index (κ2) is 7.16. The molecular weight excluding hydrogens is 394 g/mol. The number of nitrogens with zero attached hydrogens (tertiary/aromatic N) is 3. The zero-order valence-corrected chi connectivity index (χ0v) is 18.6. The fraction of sp³-hybridized carbons (Fsp3) is 0.391. The summed E-state index contributed by atoms with van der Waals surface area (Å²) in [6, 6.07) is 5.39. The summed E-state index contributed by atoms with van der Waals surface area (Å²) in [6.45, 7) is 9.64. The lowest BCUT2D eigenvalue weighted by molar-refractivity contribution is -0.0189. The summed E-state index contributed by atoms with van der Waals surface area (Å²) in [5.41, 5.74) is 7.23. The van der Waals surface area contributed by atoms with Gasteiger partial charge in [0.25, 0.3) is 0 Å². The monoisotopic (exact) mass is 421 g/mol. The predicted octanol–water partition coefficient (Wildman–Crippen LogP) is 4.02. The van der Waals surface area contributed by atoms with Crippen molar-refractivity contribution in [3.8, 4) is 5.88 Å². The van der Waals surface area contributed by atoms with Gasteiger partial charge in [-0.15, -0.1) is 0 Å². The van der Waals surface area contributed by atoms with Crippen molar-refractivity contribution >= 4 is 28.4 Å². The summed E-state index contributed by atoms with van der Waals surface area (Å²) >= 11 is 0. The van der Waals surface area contributed by atoms with Gasteiger partial charge in [-0.25, -0.2) is 19.7 Å². The molecule has 8 nitrogen and oxygen atoms in total. The zero-order valence-electron chi connectivity index (χ0n) is 18.6. The van der Waals surface area contributed by atoms with Crippen molar-refractivity contribution in [1.29, 1.82) is 0 Å². The van der Waals surface area contributed by atoms with E-state index in [1.165, 1.54) is 0 Å². The van der Waals surface area contributed by atoms with Crippen LogP contribution in [-0.4, -0.2) is 33.6 Å². The first kappa shape index (κ1) is 21.0. The summed E-state index contributed by atoms with van der Waals surface area (Å²) in [5, 5.41) is 4.92. The van der Waals surface area contributed by atoms with Crippen LogP contribution in [-0.2, 0) is 10.3 Å². The Bertz CT molecular complexity index is 1180. The van der Waals surface area contributed by atoms with Crippen molar-refractivity contribution in [2.45, 2.75) is 51.7 Å². The largest absolute Gasteiger partial charge is 0.481 e. The van der Waals surface area contributed by atoms with Crippen molar-refractivity contribution in [1.82, 2.24) is 15.0 Å². The fourth-order valence-corrected chi connectivity index (χ4v) is 3.75. The van der Waals surface area contributed by atoms with Gasteiger partial charge in [0.05, 0.1) is 23.8 Å². The van der Waals surface area contributed by atoms with Gasteiger partial charge in [-0.05, 0) is 56.8 Å². The van der Waals surface area contributed by atoms with Gasteiger partial charge in [-0.2, -0.15) is 0 Å². The Morgan fingerprint density at radius 3 is 2.58 bits per heavy atom. The number of nitrogens with two attached hydrogens (primary N) is 1. The van der Waals surface area contributed by atoms with Crippen LogP contribution in [0.25, 0.3) is 10.8 Å². The first-order valence-corrected chi connectivity index (χ1v) is 10.1. The first-order chi connectivity index (χ1) is 14.5. The Kier molecular flexibility index (Phi) is 4.85. The molecule has 1 atom stereocenters. The molecule has 0 saturated carbocycles. The average molecular weight is 422 g/mol. The molecule has 3 aromatic heterocycles. The molecule has 3 N–H and O–H groups in total. The van der Waals surface area contributed by atoms with Crippen LogP contribution >= 0.6 is 0 Å². The average Bonchev–Trinajstić information content (AvgIpc) is 2.70. The number of methoxy groups -OCH3 is 1. The SMILES string of the molecule is COc1ncc(C(C)(C)N)c2cc(Nc3ccc4c(n3)[C@@H](C)C(C)(C)OC4=O)ncc12. The van der Waals surface area contributed by atoms with Gasteiger partial charge in [0.2, 0.25) is 5.88 Å². The summed E-state index contributed by atoms with van der Waals surface area (Å²) in [5.74, 6) is 1.28. The van der Waals surface area contributed by atoms with Crippen LogP contribution in [0.5, 0.6) is 5.88 Å². The van der Waals surface area contributed by atoms with Crippen molar-refractivity contribution in [3.63, 3.8) is 0 Å². The maximum absolute atomic E-state index is 12.3. The van der Waals surface area contributed by atoms with Gasteiger partial charge in [-0.3, -0.25) is 0 Å². The Morgan fingerprint density at radius 2 is 1.90 bits per heavy atom. The number of cyclic esters (lactones) is 1. The van der Waals surface area contributed by atoms with Crippen molar-refractivity contribution in [3.05, 3.63) is 47.4 Å². The molecule has 1 aliphatic heterocycles. The smallest absolute Gasteiger partial charge is 0.340 e. The molecule has 4 rings (SSSR count). The van der Waals surface area contributed by atoms with Gasteiger partial charge >= 0.3 is 5.97 Å². The molecule has 8 heteroatoms. The predicted molar refractivity (Wildman–Crippen MR) is 119 cm³/mol. The summed E-state index contributed by atoms with van der Waals surface area (Å²) < 4.78 is 10.9. The van der Waals surface area contributed by atoms with Gasteiger partial charge in [0, 0.05) is 23.9 Å². The van der Waals surface area contributed by atoms with E-state index in [2.05, 4.69) is 15.3 Å². The molecule has 0 radical (unpaired) electrons. The fourth-order valence-electron chi connectivity index (χ4n) is 3.75. The van der Waals surface area contributed by atoms with Crippen LogP contribution < -0.4 is 15.8 Å². The van der Waals surface area contributed by atoms with Crippen molar-refractivity contribution in [2.24, 2.45) is 5.73 Å². The third-order valence-electron chi connectivity index (χ3n) is 5.83. The van der Waals surface area contributed by atoms with Crippen LogP contribution in [0.1, 0.15) is 62.2 Å². The van der Waals surface area contributed by atoms with Gasteiger partial charge in [0.15, 0.2) is 0 Å². The Balaban J connectivity index is 1.76. The Labute approximate surface area is 181 Å². The van der Waals surface area contributed by atoms with E-state index in [1.807, 2.05) is 40.7 Å². The van der Waals surface area contributed by atoms with Crippen LogP contribution in [0.4, 0.5) is 11.6 Å². The number of nitrogens with one attached hydrogen (secondary N) is 1. The highest BCUT2D eigenvalue weighted by molar-refractivity contribution is 5.93. The normalized spacial score (nSPS) is 17.8. The molecule has 0 saturated heterocycles. The molecule has 3 aromatic rings. The highest BCUT2D eigenvalue weighted by Crippen LogP contribution is 2.38. The number of fused-ring (bicyclic) bond motifs is 2. The molecule has 0 bridgehead atoms. The minimum absolute atomic E-state index is 0.0495. The van der Waals surface area contributed by atoms with E-state index in [1.54, 1.807) is 31.6 Å². The molecule has 0 fully saturated rings. The first-order valence-electron chi connectivity index (χ1n) is 10.1. The number of hydrogen-bond donors (Lipinski definition) is 2. The van der Waals surface area contributed by atoms with E-state index in [-0.39, 0.29) is 11.9 Å². The van der Waals surface area contributed by atoms with Crippen molar-refractivity contribution in [2.75, 3.05) is 12.4 Å². The van der Waals surface area contributed by atoms with Gasteiger partial charge < -0.3 is 20.5 Å². The van der Waals surface area contributed by atoms with Crippen LogP contribution in [0.15, 0.2) is 30.6 Å². The van der Waals surface area contributed by atoms with E-state index in [4.69, 9.17) is 20.2 Å². The Morgan fingerprint density at radius 1 is 1.16 bits per heavy atom. The molecule has 0 spiro atoms. The lowest BCUT2D eigenvalue weighted by atomic mass is 9.84. The maximum Gasteiger partial charge on any atom is 0.340 e. The summed E-state index contributed by atoms with van der Waals surface area (Å²) in [7, 11) is 1.58. The van der Waals surface area contributed by atoms with Crippen LogP contribution in [0.2, 0.25) is 0 Å². The number of anilines is 2. The van der Waals surface area contributed by atoms with Crippen LogP contribution in [0, 0.1) is 0 Å². The second-order valence-corrected chi connectivity index (χ2v) is 8.99. The van der Waals surface area contributed by atoms with E-state index in [0.717, 1.165) is 16.3 Å². The standard InChI is InChI=1S/C23H27N5O3/c1-12-19-13(21(29)31-23(12,4)5)7-8-17(28-19)27-18-9-14-15(10-25-18)20(30-6)26-11-16(14)22(2,3)24/h7-12H,24H2,1-6H3,(H,25,27,28)/t12-/m1/s1. The quantitative estimate of drug-likeness (QED) is 0.608. The topological polar surface area (TPSA) is 112 Å². The van der Waals surface area contributed by atoms with Gasteiger partial charge in [0.1, 0.15) is 17.2 Å². The Hall–Kier alpha value is -3.26. The third kappa shape index (κ3) is 3.67. The number of rotatable bonds is 4. The third-order valence-corrected chi connectivity index (χ3v) is 5.83. The second-order valence-electron chi connectivity index (χ2n) is 8.99. The number of carbonyl (C=O) groups excluding carboxylic acids is 1. The van der Waals surface area contributed by atoms with Gasteiger partial charge in [-0.1, -0.05) is 6.92 Å². The molecule has 4 heterocycles. The molecule has 1 aliphatic rings. The zero-order chi connectivity index (χ0) is 22.6. The lowest BCUT2D eigenvalue weighted by Crippen LogP contribution is -2.39. The maximum atomic E-state index is 12.3. The molecule has 0 aliphatic carbocycles.